The normalized spacial score (nSPS) is 24.9. The SMILES string of the molecule is CN(C)CC(=O)Nc1ccc2c(c1)[C@@H]1C[C@H](CC(=O)N3CCc4ccccc4C3)O[C@@H](CO)[C@@H]1O2. The zero-order valence-corrected chi connectivity index (χ0v) is 20.3. The number of nitrogens with one attached hydrogen (secondary N) is 1. The van der Waals surface area contributed by atoms with E-state index in [1.807, 2.05) is 54.2 Å². The molecule has 0 saturated carbocycles. The number of rotatable bonds is 6. The summed E-state index contributed by atoms with van der Waals surface area (Å²) in [5.41, 5.74) is 4.21. The maximum Gasteiger partial charge on any atom is 0.238 e. The van der Waals surface area contributed by atoms with Crippen molar-refractivity contribution in [1.29, 1.82) is 0 Å². The zero-order valence-electron chi connectivity index (χ0n) is 20.3. The molecule has 4 atom stereocenters. The molecule has 1 saturated heterocycles. The number of carbonyl (C=O) groups is 2. The van der Waals surface area contributed by atoms with E-state index in [0.29, 0.717) is 31.7 Å². The Labute approximate surface area is 205 Å². The molecule has 3 heterocycles. The van der Waals surface area contributed by atoms with Gasteiger partial charge in [0.05, 0.1) is 25.7 Å². The summed E-state index contributed by atoms with van der Waals surface area (Å²) in [5.74, 6) is 0.717. The van der Waals surface area contributed by atoms with E-state index in [9.17, 15) is 14.7 Å². The van der Waals surface area contributed by atoms with E-state index in [1.165, 1.54) is 11.1 Å². The maximum atomic E-state index is 13.2. The van der Waals surface area contributed by atoms with Gasteiger partial charge in [0.2, 0.25) is 11.8 Å². The minimum atomic E-state index is -0.507. The number of hydrogen-bond acceptors (Lipinski definition) is 6. The van der Waals surface area contributed by atoms with E-state index >= 15 is 0 Å². The van der Waals surface area contributed by atoms with Gasteiger partial charge in [-0.3, -0.25) is 9.59 Å². The first-order valence-corrected chi connectivity index (χ1v) is 12.3. The Kier molecular flexibility index (Phi) is 6.77. The number of carbonyl (C=O) groups excluding carboxylic acids is 2. The summed E-state index contributed by atoms with van der Waals surface area (Å²) >= 11 is 0. The predicted octanol–water partition coefficient (Wildman–Crippen LogP) is 2.16. The van der Waals surface area contributed by atoms with Crippen LogP contribution < -0.4 is 10.1 Å². The highest BCUT2D eigenvalue weighted by Gasteiger charge is 2.46. The van der Waals surface area contributed by atoms with Gasteiger partial charge in [-0.15, -0.1) is 0 Å². The van der Waals surface area contributed by atoms with Gasteiger partial charge in [0.15, 0.2) is 0 Å². The maximum absolute atomic E-state index is 13.2. The van der Waals surface area contributed by atoms with Crippen LogP contribution in [0.1, 0.15) is 35.4 Å². The number of benzene rings is 2. The summed E-state index contributed by atoms with van der Waals surface area (Å²) in [6.07, 6.45) is 0.639. The lowest BCUT2D eigenvalue weighted by molar-refractivity contribution is -0.149. The van der Waals surface area contributed by atoms with Crippen LogP contribution in [0, 0.1) is 0 Å². The molecule has 2 N–H and O–H groups in total. The van der Waals surface area contributed by atoms with Gasteiger partial charge in [0.1, 0.15) is 18.0 Å². The van der Waals surface area contributed by atoms with Crippen molar-refractivity contribution < 1.29 is 24.2 Å². The van der Waals surface area contributed by atoms with Gasteiger partial charge >= 0.3 is 0 Å². The van der Waals surface area contributed by atoms with Crippen LogP contribution in [-0.4, -0.2) is 78.8 Å². The van der Waals surface area contributed by atoms with Crippen molar-refractivity contribution in [3.05, 3.63) is 59.2 Å². The van der Waals surface area contributed by atoms with Gasteiger partial charge in [-0.25, -0.2) is 0 Å². The molecule has 0 radical (unpaired) electrons. The highest BCUT2D eigenvalue weighted by molar-refractivity contribution is 5.92. The Morgan fingerprint density at radius 3 is 2.74 bits per heavy atom. The molecule has 0 unspecified atom stereocenters. The first kappa shape index (κ1) is 23.8. The zero-order chi connectivity index (χ0) is 24.5. The van der Waals surface area contributed by atoms with E-state index in [4.69, 9.17) is 9.47 Å². The summed E-state index contributed by atoms with van der Waals surface area (Å²) in [4.78, 5) is 29.1. The molecule has 3 aliphatic heterocycles. The third kappa shape index (κ3) is 5.05. The molecule has 2 amide bonds. The average Bonchev–Trinajstić information content (AvgIpc) is 3.20. The number of hydrogen-bond donors (Lipinski definition) is 2. The number of aliphatic hydroxyl groups is 1. The average molecular weight is 480 g/mol. The second-order valence-electron chi connectivity index (χ2n) is 9.98. The lowest BCUT2D eigenvalue weighted by atomic mass is 9.84. The minimum absolute atomic E-state index is 0.0125. The molecular formula is C27H33N3O5. The molecule has 186 valence electrons. The summed E-state index contributed by atoms with van der Waals surface area (Å²) < 4.78 is 12.3. The number of aliphatic hydroxyl groups excluding tert-OH is 1. The number of fused-ring (bicyclic) bond motifs is 4. The quantitative estimate of drug-likeness (QED) is 0.660. The second-order valence-corrected chi connectivity index (χ2v) is 9.98. The summed E-state index contributed by atoms with van der Waals surface area (Å²) in [6, 6.07) is 13.9. The fourth-order valence-corrected chi connectivity index (χ4v) is 5.49. The van der Waals surface area contributed by atoms with Gasteiger partial charge in [-0.05, 0) is 56.3 Å². The summed E-state index contributed by atoms with van der Waals surface area (Å²) in [7, 11) is 3.70. The van der Waals surface area contributed by atoms with Crippen molar-refractivity contribution in [3.63, 3.8) is 0 Å². The van der Waals surface area contributed by atoms with Crippen LogP contribution in [0.3, 0.4) is 0 Å². The van der Waals surface area contributed by atoms with Crippen molar-refractivity contribution in [2.75, 3.05) is 39.1 Å². The van der Waals surface area contributed by atoms with E-state index in [2.05, 4.69) is 17.4 Å². The molecular weight excluding hydrogens is 446 g/mol. The third-order valence-corrected chi connectivity index (χ3v) is 7.13. The molecule has 0 aliphatic carbocycles. The largest absolute Gasteiger partial charge is 0.487 e. The Hall–Kier alpha value is -2.94. The minimum Gasteiger partial charge on any atom is -0.487 e. The first-order chi connectivity index (χ1) is 16.9. The Morgan fingerprint density at radius 2 is 1.97 bits per heavy atom. The molecule has 1 fully saturated rings. The Morgan fingerprint density at radius 1 is 1.17 bits per heavy atom. The standard InChI is InChI=1S/C27H33N3O5/c1-29(2)15-25(32)28-19-7-8-23-21(11-19)22-12-20(34-24(16-31)27(22)35-23)13-26(33)30-10-9-17-5-3-4-6-18(17)14-30/h3-8,11,20,22,24,27,31H,9-10,12-16H2,1-2H3,(H,28,32)/t20-,22+,24+,27-/m1/s1. The van der Waals surface area contributed by atoms with Crippen molar-refractivity contribution in [2.45, 2.75) is 50.0 Å². The highest BCUT2D eigenvalue weighted by Crippen LogP contribution is 2.47. The molecule has 3 aliphatic rings. The molecule has 0 bridgehead atoms. The Bertz CT molecular complexity index is 1100. The molecule has 35 heavy (non-hydrogen) atoms. The number of nitrogens with zero attached hydrogens (tertiary/aromatic N) is 2. The van der Waals surface area contributed by atoms with Crippen molar-refractivity contribution in [2.24, 2.45) is 0 Å². The van der Waals surface area contributed by atoms with Crippen LogP contribution >= 0.6 is 0 Å². The fraction of sp³-hybridized carbons (Fsp3) is 0.481. The fourth-order valence-electron chi connectivity index (χ4n) is 5.49. The third-order valence-electron chi connectivity index (χ3n) is 7.13. The number of amides is 2. The molecule has 5 rings (SSSR count). The lowest BCUT2D eigenvalue weighted by Gasteiger charge is -2.38. The van der Waals surface area contributed by atoms with Crippen LogP contribution in [-0.2, 0) is 27.3 Å². The molecule has 8 heteroatoms. The van der Waals surface area contributed by atoms with E-state index in [0.717, 1.165) is 17.7 Å². The predicted molar refractivity (Wildman–Crippen MR) is 131 cm³/mol. The lowest BCUT2D eigenvalue weighted by Crippen LogP contribution is -2.48. The van der Waals surface area contributed by atoms with Crippen molar-refractivity contribution in [1.82, 2.24) is 9.80 Å². The van der Waals surface area contributed by atoms with E-state index in [1.54, 1.807) is 0 Å². The van der Waals surface area contributed by atoms with Crippen LogP contribution in [0.15, 0.2) is 42.5 Å². The van der Waals surface area contributed by atoms with Crippen molar-refractivity contribution in [3.8, 4) is 5.75 Å². The summed E-state index contributed by atoms with van der Waals surface area (Å²) in [6.45, 7) is 1.45. The summed E-state index contributed by atoms with van der Waals surface area (Å²) in [5, 5.41) is 13.0. The van der Waals surface area contributed by atoms with Gasteiger partial charge < -0.3 is 29.7 Å². The van der Waals surface area contributed by atoms with Crippen molar-refractivity contribution >= 4 is 17.5 Å². The molecule has 2 aromatic rings. The first-order valence-electron chi connectivity index (χ1n) is 12.3. The smallest absolute Gasteiger partial charge is 0.238 e. The van der Waals surface area contributed by atoms with E-state index < -0.39 is 6.10 Å². The molecule has 0 spiro atoms. The van der Waals surface area contributed by atoms with E-state index in [-0.39, 0.29) is 43.0 Å². The van der Waals surface area contributed by atoms with Crippen LogP contribution in [0.5, 0.6) is 5.75 Å². The number of likely N-dealkylation sites (N-methyl/N-ethyl adjacent to an activating group) is 1. The highest BCUT2D eigenvalue weighted by atomic mass is 16.6. The van der Waals surface area contributed by atoms with Gasteiger partial charge in [0, 0.05) is 30.3 Å². The van der Waals surface area contributed by atoms with Gasteiger partial charge in [-0.2, -0.15) is 0 Å². The molecule has 0 aromatic heterocycles. The number of ether oxygens (including phenoxy) is 2. The molecule has 2 aromatic carbocycles. The van der Waals surface area contributed by atoms with Crippen LogP contribution in [0.25, 0.3) is 0 Å². The van der Waals surface area contributed by atoms with Gasteiger partial charge in [-0.1, -0.05) is 24.3 Å². The molecule has 8 nitrogen and oxygen atoms in total. The monoisotopic (exact) mass is 479 g/mol. The Balaban J connectivity index is 1.28. The topological polar surface area (TPSA) is 91.3 Å². The second kappa shape index (κ2) is 9.97. The van der Waals surface area contributed by atoms with Crippen LogP contribution in [0.2, 0.25) is 0 Å². The van der Waals surface area contributed by atoms with Crippen LogP contribution in [0.4, 0.5) is 5.69 Å². The van der Waals surface area contributed by atoms with Gasteiger partial charge in [0.25, 0.3) is 0 Å². The number of anilines is 1.